The van der Waals surface area contributed by atoms with Crippen LogP contribution in [0.1, 0.15) is 43.7 Å². The first-order chi connectivity index (χ1) is 11.8. The number of anilines is 1. The summed E-state index contributed by atoms with van der Waals surface area (Å²) >= 11 is 0. The summed E-state index contributed by atoms with van der Waals surface area (Å²) in [5, 5.41) is 0. The second-order valence-corrected chi connectivity index (χ2v) is 6.90. The highest BCUT2D eigenvalue weighted by Gasteiger charge is 2.61. The molecular formula is C21H23NO2. The van der Waals surface area contributed by atoms with E-state index < -0.39 is 0 Å². The summed E-state index contributed by atoms with van der Waals surface area (Å²) in [5.74, 6) is 1.11. The number of amides is 1. The normalized spacial score (nSPS) is 22.3. The van der Waals surface area contributed by atoms with Crippen LogP contribution in [0, 0.1) is 5.41 Å². The van der Waals surface area contributed by atoms with Crippen molar-refractivity contribution in [3.8, 4) is 5.75 Å². The smallest absolute Gasteiger partial charge is 0.236 e. The van der Waals surface area contributed by atoms with Crippen LogP contribution in [0.15, 0.2) is 54.6 Å². The van der Waals surface area contributed by atoms with Gasteiger partial charge in [-0.25, -0.2) is 0 Å². The number of rotatable bonds is 3. The van der Waals surface area contributed by atoms with Crippen LogP contribution in [0.5, 0.6) is 5.75 Å². The van der Waals surface area contributed by atoms with Crippen molar-refractivity contribution in [3.05, 3.63) is 60.2 Å². The van der Waals surface area contributed by atoms with E-state index in [0.717, 1.165) is 37.1 Å². The maximum atomic E-state index is 13.2. The summed E-state index contributed by atoms with van der Waals surface area (Å²) < 4.78 is 5.25. The van der Waals surface area contributed by atoms with Crippen molar-refractivity contribution in [1.82, 2.24) is 0 Å². The summed E-state index contributed by atoms with van der Waals surface area (Å²) in [7, 11) is 1.66. The number of carbonyl (C=O) groups is 1. The highest BCUT2D eigenvalue weighted by molar-refractivity contribution is 6.06. The van der Waals surface area contributed by atoms with Gasteiger partial charge >= 0.3 is 0 Å². The Morgan fingerprint density at radius 2 is 1.62 bits per heavy atom. The zero-order valence-corrected chi connectivity index (χ0v) is 14.1. The molecule has 1 saturated carbocycles. The Balaban J connectivity index is 1.73. The van der Waals surface area contributed by atoms with Crippen molar-refractivity contribution < 1.29 is 9.53 Å². The average Bonchev–Trinajstić information content (AvgIpc) is 2.67. The van der Waals surface area contributed by atoms with E-state index in [-0.39, 0.29) is 11.5 Å². The zero-order valence-electron chi connectivity index (χ0n) is 14.1. The molecule has 2 aromatic rings. The Hall–Kier alpha value is -2.29. The highest BCUT2D eigenvalue weighted by atomic mass is 16.5. The van der Waals surface area contributed by atoms with E-state index in [1.165, 1.54) is 12.0 Å². The van der Waals surface area contributed by atoms with Crippen molar-refractivity contribution in [3.63, 3.8) is 0 Å². The van der Waals surface area contributed by atoms with Crippen LogP contribution in [-0.4, -0.2) is 13.0 Å². The van der Waals surface area contributed by atoms with Gasteiger partial charge in [-0.1, -0.05) is 49.6 Å². The van der Waals surface area contributed by atoms with Crippen molar-refractivity contribution in [1.29, 1.82) is 0 Å². The minimum Gasteiger partial charge on any atom is -0.497 e. The van der Waals surface area contributed by atoms with Gasteiger partial charge in [-0.05, 0) is 42.7 Å². The maximum Gasteiger partial charge on any atom is 0.236 e. The van der Waals surface area contributed by atoms with E-state index in [1.54, 1.807) is 7.11 Å². The minimum atomic E-state index is -0.195. The lowest BCUT2D eigenvalue weighted by Gasteiger charge is -2.58. The van der Waals surface area contributed by atoms with Crippen LogP contribution in [0.3, 0.4) is 0 Å². The molecule has 2 aliphatic rings. The lowest BCUT2D eigenvalue weighted by Crippen LogP contribution is -2.64. The predicted molar refractivity (Wildman–Crippen MR) is 95.2 cm³/mol. The number of nitrogens with zero attached hydrogens (tertiary/aromatic N) is 1. The third-order valence-corrected chi connectivity index (χ3v) is 5.64. The predicted octanol–water partition coefficient (Wildman–Crippen LogP) is 4.73. The summed E-state index contributed by atoms with van der Waals surface area (Å²) in [6.07, 6.45) is 5.59. The highest BCUT2D eigenvalue weighted by Crippen LogP contribution is 2.59. The monoisotopic (exact) mass is 321 g/mol. The van der Waals surface area contributed by atoms with Gasteiger partial charge in [0.05, 0.1) is 18.6 Å². The molecule has 2 fully saturated rings. The number of methoxy groups -OCH3 is 1. The third kappa shape index (κ3) is 2.22. The molecule has 1 heterocycles. The van der Waals surface area contributed by atoms with Crippen molar-refractivity contribution in [2.24, 2.45) is 5.41 Å². The van der Waals surface area contributed by atoms with Gasteiger partial charge in [0.15, 0.2) is 0 Å². The first-order valence-corrected chi connectivity index (χ1v) is 8.79. The fourth-order valence-electron chi connectivity index (χ4n) is 4.44. The van der Waals surface area contributed by atoms with E-state index in [0.29, 0.717) is 5.91 Å². The first kappa shape index (κ1) is 15.3. The van der Waals surface area contributed by atoms with Gasteiger partial charge in [-0.2, -0.15) is 0 Å². The molecule has 1 spiro atoms. The Bertz CT molecular complexity index is 717. The Kier molecular flexibility index (Phi) is 3.79. The first-order valence-electron chi connectivity index (χ1n) is 8.79. The molecule has 1 aliphatic carbocycles. The summed E-state index contributed by atoms with van der Waals surface area (Å²) in [5.41, 5.74) is 2.01. The number of carbonyl (C=O) groups excluding carboxylic acids is 1. The number of hydrogen-bond donors (Lipinski definition) is 0. The molecule has 124 valence electrons. The minimum absolute atomic E-state index is 0.153. The van der Waals surface area contributed by atoms with Crippen molar-refractivity contribution >= 4 is 11.6 Å². The topological polar surface area (TPSA) is 29.5 Å². The molecular weight excluding hydrogens is 298 g/mol. The van der Waals surface area contributed by atoms with Crippen LogP contribution >= 0.6 is 0 Å². The van der Waals surface area contributed by atoms with E-state index in [4.69, 9.17) is 4.74 Å². The molecule has 24 heavy (non-hydrogen) atoms. The van der Waals surface area contributed by atoms with Crippen LogP contribution in [0.4, 0.5) is 5.69 Å². The summed E-state index contributed by atoms with van der Waals surface area (Å²) in [6, 6.07) is 18.5. The van der Waals surface area contributed by atoms with E-state index >= 15 is 0 Å². The molecule has 2 aromatic carbocycles. The number of benzene rings is 2. The van der Waals surface area contributed by atoms with Gasteiger partial charge in [0, 0.05) is 5.69 Å². The molecule has 1 atom stereocenters. The lowest BCUT2D eigenvalue weighted by molar-refractivity contribution is -0.143. The molecule has 0 aromatic heterocycles. The summed E-state index contributed by atoms with van der Waals surface area (Å²) in [4.78, 5) is 15.2. The fourth-order valence-corrected chi connectivity index (χ4v) is 4.44. The molecule has 1 aliphatic heterocycles. The van der Waals surface area contributed by atoms with Gasteiger partial charge in [0.25, 0.3) is 0 Å². The average molecular weight is 321 g/mol. The molecule has 1 saturated heterocycles. The fraction of sp³-hybridized carbons (Fsp3) is 0.381. The van der Waals surface area contributed by atoms with Crippen LogP contribution in [0.2, 0.25) is 0 Å². The third-order valence-electron chi connectivity index (χ3n) is 5.64. The Labute approximate surface area is 143 Å². The van der Waals surface area contributed by atoms with Crippen molar-refractivity contribution in [2.75, 3.05) is 12.0 Å². The largest absolute Gasteiger partial charge is 0.497 e. The van der Waals surface area contributed by atoms with E-state index in [1.807, 2.05) is 35.2 Å². The molecule has 3 nitrogen and oxygen atoms in total. The van der Waals surface area contributed by atoms with Gasteiger partial charge in [-0.15, -0.1) is 0 Å². The van der Waals surface area contributed by atoms with Crippen molar-refractivity contribution in [2.45, 2.75) is 38.1 Å². The molecule has 0 unspecified atom stereocenters. The quantitative estimate of drug-likeness (QED) is 0.765. The lowest BCUT2D eigenvalue weighted by atomic mass is 9.60. The molecule has 3 heteroatoms. The second-order valence-electron chi connectivity index (χ2n) is 6.90. The van der Waals surface area contributed by atoms with Crippen LogP contribution in [0.25, 0.3) is 0 Å². The van der Waals surface area contributed by atoms with Gasteiger partial charge in [-0.3, -0.25) is 4.79 Å². The number of ether oxygens (including phenoxy) is 1. The molecule has 0 radical (unpaired) electrons. The van der Waals surface area contributed by atoms with Gasteiger partial charge < -0.3 is 9.64 Å². The standard InChI is InChI=1S/C21H23NO2/c1-24-18-12-10-17(11-13-18)22-19(16-8-4-2-5-9-16)21(20(22)23)14-6-3-7-15-21/h2,4-5,8-13,19H,3,6-7,14-15H2,1H3/t19-/m0/s1. The molecule has 0 bridgehead atoms. The number of β-lactam (4-membered cyclic amide) rings is 1. The zero-order chi connectivity index (χ0) is 16.6. The molecule has 4 rings (SSSR count). The van der Waals surface area contributed by atoms with Gasteiger partial charge in [0.1, 0.15) is 5.75 Å². The van der Waals surface area contributed by atoms with Crippen LogP contribution in [-0.2, 0) is 4.79 Å². The molecule has 0 N–H and O–H groups in total. The van der Waals surface area contributed by atoms with Crippen LogP contribution < -0.4 is 9.64 Å². The SMILES string of the molecule is COc1ccc(N2C(=O)C3(CCCCC3)[C@@H]2c2ccccc2)cc1. The second kappa shape index (κ2) is 5.97. The van der Waals surface area contributed by atoms with Gasteiger partial charge in [0.2, 0.25) is 5.91 Å². The van der Waals surface area contributed by atoms with E-state index in [2.05, 4.69) is 24.3 Å². The Morgan fingerprint density at radius 1 is 0.958 bits per heavy atom. The Morgan fingerprint density at radius 3 is 2.25 bits per heavy atom. The number of hydrogen-bond acceptors (Lipinski definition) is 2. The molecule has 1 amide bonds. The summed E-state index contributed by atoms with van der Waals surface area (Å²) in [6.45, 7) is 0. The maximum absolute atomic E-state index is 13.2. The van der Waals surface area contributed by atoms with E-state index in [9.17, 15) is 4.79 Å².